The minimum atomic E-state index is 0.721. The smallest absolute Gasteiger partial charge is 0.170 e. The lowest BCUT2D eigenvalue weighted by Crippen LogP contribution is -2.07. The molecule has 0 bridgehead atoms. The Hall–Kier alpha value is -2.99. The molecule has 25 heavy (non-hydrogen) atoms. The number of nitrogens with zero attached hydrogens (tertiary/aromatic N) is 5. The predicted octanol–water partition coefficient (Wildman–Crippen LogP) is 3.52. The SMILES string of the molecule is Clc1cccc(CCNc2ncnc3c2cnn3-c2ccccn2)c1. The van der Waals surface area contributed by atoms with Crippen LogP contribution in [0, 0.1) is 0 Å². The first-order chi connectivity index (χ1) is 12.3. The van der Waals surface area contributed by atoms with Gasteiger partial charge in [0.15, 0.2) is 11.5 Å². The number of anilines is 1. The molecule has 0 aliphatic rings. The van der Waals surface area contributed by atoms with Crippen LogP contribution < -0.4 is 5.32 Å². The highest BCUT2D eigenvalue weighted by atomic mass is 35.5. The Morgan fingerprint density at radius 2 is 2.00 bits per heavy atom. The fourth-order valence-electron chi connectivity index (χ4n) is 2.65. The van der Waals surface area contributed by atoms with Crippen molar-refractivity contribution < 1.29 is 0 Å². The highest BCUT2D eigenvalue weighted by Gasteiger charge is 2.11. The fraction of sp³-hybridized carbons (Fsp3) is 0.111. The summed E-state index contributed by atoms with van der Waals surface area (Å²) in [5, 5.41) is 9.36. The maximum absolute atomic E-state index is 6.02. The summed E-state index contributed by atoms with van der Waals surface area (Å²) in [4.78, 5) is 13.0. The second kappa shape index (κ2) is 6.86. The zero-order valence-corrected chi connectivity index (χ0v) is 14.1. The van der Waals surface area contributed by atoms with E-state index >= 15 is 0 Å². The number of benzene rings is 1. The largest absolute Gasteiger partial charge is 0.369 e. The van der Waals surface area contributed by atoms with Crippen molar-refractivity contribution in [2.45, 2.75) is 6.42 Å². The Balaban J connectivity index is 1.55. The molecule has 4 rings (SSSR count). The zero-order valence-electron chi connectivity index (χ0n) is 13.3. The van der Waals surface area contributed by atoms with Crippen LogP contribution in [-0.4, -0.2) is 31.3 Å². The van der Waals surface area contributed by atoms with E-state index in [1.807, 2.05) is 36.4 Å². The molecule has 0 unspecified atom stereocenters. The molecule has 0 spiro atoms. The van der Waals surface area contributed by atoms with Gasteiger partial charge in [-0.05, 0) is 36.2 Å². The lowest BCUT2D eigenvalue weighted by molar-refractivity contribution is 0.861. The molecule has 1 N–H and O–H groups in total. The van der Waals surface area contributed by atoms with Gasteiger partial charge in [-0.3, -0.25) is 0 Å². The van der Waals surface area contributed by atoms with Crippen LogP contribution >= 0.6 is 11.6 Å². The summed E-state index contributed by atoms with van der Waals surface area (Å²) in [5.41, 5.74) is 1.90. The number of halogens is 1. The number of hydrogen-bond acceptors (Lipinski definition) is 5. The molecule has 4 aromatic rings. The Bertz CT molecular complexity index is 999. The molecule has 7 heteroatoms. The summed E-state index contributed by atoms with van der Waals surface area (Å²) in [7, 11) is 0. The molecule has 1 aromatic carbocycles. The summed E-state index contributed by atoms with van der Waals surface area (Å²) >= 11 is 6.02. The molecule has 0 amide bonds. The number of nitrogens with one attached hydrogen (secondary N) is 1. The topological polar surface area (TPSA) is 68.5 Å². The lowest BCUT2D eigenvalue weighted by Gasteiger charge is -2.07. The maximum Gasteiger partial charge on any atom is 0.170 e. The Labute approximate surface area is 149 Å². The first-order valence-corrected chi connectivity index (χ1v) is 8.27. The summed E-state index contributed by atoms with van der Waals surface area (Å²) in [6, 6.07) is 13.5. The van der Waals surface area contributed by atoms with Crippen LogP contribution in [0.15, 0.2) is 61.2 Å². The van der Waals surface area contributed by atoms with E-state index in [2.05, 4.69) is 31.4 Å². The molecule has 0 aliphatic carbocycles. The molecule has 0 saturated heterocycles. The monoisotopic (exact) mass is 350 g/mol. The van der Waals surface area contributed by atoms with Gasteiger partial charge in [0.05, 0.1) is 11.6 Å². The number of rotatable bonds is 5. The second-order valence-electron chi connectivity index (χ2n) is 5.51. The van der Waals surface area contributed by atoms with Crippen molar-refractivity contribution in [3.05, 3.63) is 71.8 Å². The van der Waals surface area contributed by atoms with E-state index in [9.17, 15) is 0 Å². The van der Waals surface area contributed by atoms with Crippen molar-refractivity contribution in [2.75, 3.05) is 11.9 Å². The first-order valence-electron chi connectivity index (χ1n) is 7.90. The van der Waals surface area contributed by atoms with Crippen LogP contribution in [-0.2, 0) is 6.42 Å². The third-order valence-corrected chi connectivity index (χ3v) is 4.06. The van der Waals surface area contributed by atoms with Crippen LogP contribution in [0.2, 0.25) is 5.02 Å². The average molecular weight is 351 g/mol. The summed E-state index contributed by atoms with van der Waals surface area (Å²) in [5.74, 6) is 1.48. The number of fused-ring (bicyclic) bond motifs is 1. The normalized spacial score (nSPS) is 10.9. The maximum atomic E-state index is 6.02. The van der Waals surface area contributed by atoms with Crippen molar-refractivity contribution in [3.63, 3.8) is 0 Å². The van der Waals surface area contributed by atoms with Gasteiger partial charge in [0.25, 0.3) is 0 Å². The van der Waals surface area contributed by atoms with Crippen LogP contribution in [0.5, 0.6) is 0 Å². The van der Waals surface area contributed by atoms with Crippen LogP contribution in [0.25, 0.3) is 16.9 Å². The molecular formula is C18H15ClN6. The van der Waals surface area contributed by atoms with E-state index < -0.39 is 0 Å². The second-order valence-corrected chi connectivity index (χ2v) is 5.95. The van der Waals surface area contributed by atoms with E-state index in [0.29, 0.717) is 0 Å². The minimum absolute atomic E-state index is 0.721. The van der Waals surface area contributed by atoms with Crippen LogP contribution in [0.1, 0.15) is 5.56 Å². The molecule has 0 aliphatic heterocycles. The molecule has 0 atom stereocenters. The van der Waals surface area contributed by atoms with Gasteiger partial charge in [-0.25, -0.2) is 15.0 Å². The highest BCUT2D eigenvalue weighted by Crippen LogP contribution is 2.20. The minimum Gasteiger partial charge on any atom is -0.369 e. The van der Waals surface area contributed by atoms with Crippen molar-refractivity contribution in [1.82, 2.24) is 24.7 Å². The molecular weight excluding hydrogens is 336 g/mol. The van der Waals surface area contributed by atoms with E-state index in [0.717, 1.165) is 40.7 Å². The molecule has 3 aromatic heterocycles. The van der Waals surface area contributed by atoms with Gasteiger partial charge in [-0.1, -0.05) is 29.8 Å². The van der Waals surface area contributed by atoms with E-state index in [1.54, 1.807) is 17.1 Å². The first kappa shape index (κ1) is 15.5. The van der Waals surface area contributed by atoms with E-state index in [4.69, 9.17) is 11.6 Å². The van der Waals surface area contributed by atoms with Crippen molar-refractivity contribution in [2.24, 2.45) is 0 Å². The van der Waals surface area contributed by atoms with E-state index in [1.165, 1.54) is 11.9 Å². The molecule has 3 heterocycles. The molecule has 0 saturated carbocycles. The predicted molar refractivity (Wildman–Crippen MR) is 98.1 cm³/mol. The zero-order chi connectivity index (χ0) is 17.1. The molecule has 6 nitrogen and oxygen atoms in total. The molecule has 0 fully saturated rings. The summed E-state index contributed by atoms with van der Waals surface area (Å²) < 4.78 is 1.71. The Kier molecular flexibility index (Phi) is 4.26. The van der Waals surface area contributed by atoms with Gasteiger partial charge in [0, 0.05) is 17.8 Å². The van der Waals surface area contributed by atoms with Crippen molar-refractivity contribution in [3.8, 4) is 5.82 Å². The Morgan fingerprint density at radius 3 is 2.84 bits per heavy atom. The van der Waals surface area contributed by atoms with Gasteiger partial charge in [-0.15, -0.1) is 0 Å². The third kappa shape index (κ3) is 3.29. The third-order valence-electron chi connectivity index (χ3n) is 3.83. The Morgan fingerprint density at radius 1 is 1.04 bits per heavy atom. The van der Waals surface area contributed by atoms with Crippen LogP contribution in [0.3, 0.4) is 0 Å². The summed E-state index contributed by atoms with van der Waals surface area (Å²) in [6.07, 6.45) is 5.87. The lowest BCUT2D eigenvalue weighted by atomic mass is 10.1. The number of pyridine rings is 1. The van der Waals surface area contributed by atoms with Gasteiger partial charge in [-0.2, -0.15) is 9.78 Å². The average Bonchev–Trinajstić information content (AvgIpc) is 3.08. The van der Waals surface area contributed by atoms with Crippen molar-refractivity contribution in [1.29, 1.82) is 0 Å². The van der Waals surface area contributed by atoms with Gasteiger partial charge >= 0.3 is 0 Å². The van der Waals surface area contributed by atoms with E-state index in [-0.39, 0.29) is 0 Å². The number of aromatic nitrogens is 5. The standard InChI is InChI=1S/C18H15ClN6/c19-14-5-3-4-13(10-14)7-9-21-17-15-11-24-25(18(15)23-12-22-17)16-6-1-2-8-20-16/h1-6,8,10-12H,7,9H2,(H,21,22,23). The molecule has 124 valence electrons. The fourth-order valence-corrected chi connectivity index (χ4v) is 2.86. The quantitative estimate of drug-likeness (QED) is 0.596. The highest BCUT2D eigenvalue weighted by molar-refractivity contribution is 6.30. The number of hydrogen-bond donors (Lipinski definition) is 1. The van der Waals surface area contributed by atoms with Gasteiger partial charge in [0.2, 0.25) is 0 Å². The van der Waals surface area contributed by atoms with Gasteiger partial charge < -0.3 is 5.32 Å². The van der Waals surface area contributed by atoms with Gasteiger partial charge in [0.1, 0.15) is 12.1 Å². The summed E-state index contributed by atoms with van der Waals surface area (Å²) in [6.45, 7) is 0.737. The molecule has 0 radical (unpaired) electrons. The van der Waals surface area contributed by atoms with Crippen LogP contribution in [0.4, 0.5) is 5.82 Å². The van der Waals surface area contributed by atoms with Crippen molar-refractivity contribution >= 4 is 28.5 Å².